The highest BCUT2D eigenvalue weighted by Gasteiger charge is 2.10. The van der Waals surface area contributed by atoms with Crippen LogP contribution in [0.3, 0.4) is 0 Å². The molecule has 0 unspecified atom stereocenters. The zero-order valence-corrected chi connectivity index (χ0v) is 12.8. The lowest BCUT2D eigenvalue weighted by Crippen LogP contribution is -1.97. The van der Waals surface area contributed by atoms with Gasteiger partial charge in [0.1, 0.15) is 12.4 Å². The van der Waals surface area contributed by atoms with Gasteiger partial charge in [-0.3, -0.25) is 0 Å². The molecule has 0 bridgehead atoms. The van der Waals surface area contributed by atoms with E-state index in [9.17, 15) is 0 Å². The van der Waals surface area contributed by atoms with Crippen LogP contribution in [0.25, 0.3) is 11.1 Å². The number of nitriles is 1. The lowest BCUT2D eigenvalue weighted by atomic mass is 9.97. The van der Waals surface area contributed by atoms with Crippen LogP contribution in [0.15, 0.2) is 78.9 Å². The third-order valence-electron chi connectivity index (χ3n) is 3.70. The highest BCUT2D eigenvalue weighted by molar-refractivity contribution is 5.73. The highest BCUT2D eigenvalue weighted by Crippen LogP contribution is 2.32. The fourth-order valence-corrected chi connectivity index (χ4v) is 2.57. The molecule has 2 heteroatoms. The maximum atomic E-state index is 9.03. The third kappa shape index (κ3) is 3.59. The maximum absolute atomic E-state index is 9.03. The third-order valence-corrected chi connectivity index (χ3v) is 3.70. The average Bonchev–Trinajstić information content (AvgIpc) is 2.62. The number of benzene rings is 3. The Morgan fingerprint density at radius 3 is 2.17 bits per heavy atom. The molecule has 0 aliphatic heterocycles. The monoisotopic (exact) mass is 299 g/mol. The van der Waals surface area contributed by atoms with Crippen molar-refractivity contribution in [2.75, 3.05) is 0 Å². The number of hydrogen-bond acceptors (Lipinski definition) is 2. The van der Waals surface area contributed by atoms with Crippen LogP contribution >= 0.6 is 0 Å². The molecule has 0 N–H and O–H groups in total. The van der Waals surface area contributed by atoms with Crippen LogP contribution < -0.4 is 4.74 Å². The van der Waals surface area contributed by atoms with Crippen molar-refractivity contribution in [1.29, 1.82) is 5.26 Å². The van der Waals surface area contributed by atoms with Gasteiger partial charge in [-0.25, -0.2) is 0 Å². The number of para-hydroxylation sites is 1. The van der Waals surface area contributed by atoms with Gasteiger partial charge in [-0.05, 0) is 22.8 Å². The Balaban J connectivity index is 1.91. The summed E-state index contributed by atoms with van der Waals surface area (Å²) in [5.41, 5.74) is 4.23. The van der Waals surface area contributed by atoms with Crippen molar-refractivity contribution < 1.29 is 4.74 Å². The van der Waals surface area contributed by atoms with Gasteiger partial charge in [-0.2, -0.15) is 5.26 Å². The topological polar surface area (TPSA) is 33.0 Å². The molecule has 3 aromatic rings. The van der Waals surface area contributed by atoms with E-state index in [2.05, 4.69) is 6.07 Å². The van der Waals surface area contributed by atoms with E-state index in [-0.39, 0.29) is 0 Å². The van der Waals surface area contributed by atoms with Gasteiger partial charge in [0.05, 0.1) is 12.5 Å². The average molecular weight is 299 g/mol. The van der Waals surface area contributed by atoms with Crippen LogP contribution in [0.4, 0.5) is 0 Å². The van der Waals surface area contributed by atoms with Crippen molar-refractivity contribution in [2.45, 2.75) is 13.0 Å². The van der Waals surface area contributed by atoms with Crippen molar-refractivity contribution in [3.63, 3.8) is 0 Å². The van der Waals surface area contributed by atoms with Crippen molar-refractivity contribution >= 4 is 0 Å². The molecule has 0 aliphatic carbocycles. The molecular formula is C21H17NO. The molecule has 2 nitrogen and oxygen atoms in total. The summed E-state index contributed by atoms with van der Waals surface area (Å²) in [6.07, 6.45) is 0.392. The lowest BCUT2D eigenvalue weighted by molar-refractivity contribution is 0.307. The molecular weight excluding hydrogens is 282 g/mol. The number of rotatable bonds is 5. The summed E-state index contributed by atoms with van der Waals surface area (Å²) in [7, 11) is 0. The summed E-state index contributed by atoms with van der Waals surface area (Å²) in [5, 5.41) is 9.03. The largest absolute Gasteiger partial charge is 0.488 e. The Kier molecular flexibility index (Phi) is 4.71. The smallest absolute Gasteiger partial charge is 0.127 e. The minimum absolute atomic E-state index is 0.392. The summed E-state index contributed by atoms with van der Waals surface area (Å²) in [6.45, 7) is 0.526. The molecule has 0 atom stereocenters. The fraction of sp³-hybridized carbons (Fsp3) is 0.0952. The second-order valence-electron chi connectivity index (χ2n) is 5.26. The molecule has 0 fully saturated rings. The quantitative estimate of drug-likeness (QED) is 0.664. The molecule has 0 heterocycles. The van der Waals surface area contributed by atoms with Gasteiger partial charge in [0.15, 0.2) is 0 Å². The van der Waals surface area contributed by atoms with Crippen molar-refractivity contribution in [1.82, 2.24) is 0 Å². The zero-order valence-electron chi connectivity index (χ0n) is 12.8. The van der Waals surface area contributed by atoms with Crippen LogP contribution in [0, 0.1) is 11.3 Å². The summed E-state index contributed by atoms with van der Waals surface area (Å²) in [5.74, 6) is 0.835. The normalized spacial score (nSPS) is 10.0. The molecule has 0 amide bonds. The van der Waals surface area contributed by atoms with Crippen LogP contribution in [-0.4, -0.2) is 0 Å². The van der Waals surface area contributed by atoms with E-state index in [0.717, 1.165) is 28.0 Å². The Morgan fingerprint density at radius 2 is 1.39 bits per heavy atom. The molecule has 3 rings (SSSR count). The van der Waals surface area contributed by atoms with E-state index in [4.69, 9.17) is 10.00 Å². The Hall–Kier alpha value is -3.05. The van der Waals surface area contributed by atoms with E-state index in [1.807, 2.05) is 78.9 Å². The van der Waals surface area contributed by atoms with Gasteiger partial charge in [-0.15, -0.1) is 0 Å². The molecule has 23 heavy (non-hydrogen) atoms. The minimum Gasteiger partial charge on any atom is -0.488 e. The Bertz CT molecular complexity index is 819. The second-order valence-corrected chi connectivity index (χ2v) is 5.26. The molecule has 0 radical (unpaired) electrons. The maximum Gasteiger partial charge on any atom is 0.127 e. The first-order valence-electron chi connectivity index (χ1n) is 7.59. The van der Waals surface area contributed by atoms with Gasteiger partial charge >= 0.3 is 0 Å². The van der Waals surface area contributed by atoms with Gasteiger partial charge in [-0.1, -0.05) is 72.8 Å². The number of hydrogen-bond donors (Lipinski definition) is 0. The van der Waals surface area contributed by atoms with Crippen LogP contribution in [-0.2, 0) is 13.0 Å². The van der Waals surface area contributed by atoms with Crippen molar-refractivity contribution in [3.05, 3.63) is 90.0 Å². The van der Waals surface area contributed by atoms with E-state index in [1.165, 1.54) is 0 Å². The molecule has 0 aromatic heterocycles. The summed E-state index contributed by atoms with van der Waals surface area (Å²) in [4.78, 5) is 0. The first-order chi connectivity index (χ1) is 11.4. The van der Waals surface area contributed by atoms with E-state index in [0.29, 0.717) is 13.0 Å². The van der Waals surface area contributed by atoms with Crippen molar-refractivity contribution in [3.8, 4) is 22.9 Å². The summed E-state index contributed by atoms with van der Waals surface area (Å²) >= 11 is 0. The summed E-state index contributed by atoms with van der Waals surface area (Å²) < 4.78 is 6.03. The standard InChI is InChI=1S/C21H17NO/c22-15-14-18-10-4-5-11-19(18)20-12-6-7-13-21(20)23-16-17-8-2-1-3-9-17/h1-13H,14,16H2. The summed E-state index contributed by atoms with van der Waals surface area (Å²) in [6, 6.07) is 28.3. The molecule has 0 saturated heterocycles. The van der Waals surface area contributed by atoms with Crippen LogP contribution in [0.1, 0.15) is 11.1 Å². The number of nitrogens with zero attached hydrogens (tertiary/aromatic N) is 1. The molecule has 3 aromatic carbocycles. The van der Waals surface area contributed by atoms with Gasteiger partial charge in [0.2, 0.25) is 0 Å². The fourth-order valence-electron chi connectivity index (χ4n) is 2.57. The van der Waals surface area contributed by atoms with E-state index in [1.54, 1.807) is 0 Å². The molecule has 0 spiro atoms. The van der Waals surface area contributed by atoms with Crippen molar-refractivity contribution in [2.24, 2.45) is 0 Å². The minimum atomic E-state index is 0.392. The Labute approximate surface area is 136 Å². The predicted octanol–water partition coefficient (Wildman–Crippen LogP) is 5.00. The lowest BCUT2D eigenvalue weighted by Gasteiger charge is -2.14. The van der Waals surface area contributed by atoms with Gasteiger partial charge in [0, 0.05) is 5.56 Å². The second kappa shape index (κ2) is 7.29. The van der Waals surface area contributed by atoms with Gasteiger partial charge in [0.25, 0.3) is 0 Å². The molecule has 0 saturated carbocycles. The Morgan fingerprint density at radius 1 is 0.739 bits per heavy atom. The van der Waals surface area contributed by atoms with Gasteiger partial charge < -0.3 is 4.74 Å². The van der Waals surface area contributed by atoms with E-state index < -0.39 is 0 Å². The first kappa shape index (κ1) is 14.9. The zero-order chi connectivity index (χ0) is 15.9. The van der Waals surface area contributed by atoms with Crippen LogP contribution in [0.2, 0.25) is 0 Å². The molecule has 0 aliphatic rings. The highest BCUT2D eigenvalue weighted by atomic mass is 16.5. The van der Waals surface area contributed by atoms with Crippen LogP contribution in [0.5, 0.6) is 5.75 Å². The first-order valence-corrected chi connectivity index (χ1v) is 7.59. The molecule has 112 valence electrons. The SMILES string of the molecule is N#CCc1ccccc1-c1ccccc1OCc1ccccc1. The predicted molar refractivity (Wildman–Crippen MR) is 92.0 cm³/mol. The van der Waals surface area contributed by atoms with E-state index >= 15 is 0 Å². The number of ether oxygens (including phenoxy) is 1.